The Morgan fingerprint density at radius 1 is 0.655 bits per heavy atom. The van der Waals surface area contributed by atoms with Gasteiger partial charge in [-0.3, -0.25) is 0 Å². The first-order chi connectivity index (χ1) is 14.3. The highest BCUT2D eigenvalue weighted by molar-refractivity contribution is 6.15. The quantitative estimate of drug-likeness (QED) is 0.333. The van der Waals surface area contributed by atoms with E-state index in [2.05, 4.69) is 42.5 Å². The molecule has 0 bridgehead atoms. The number of nitrogens with zero attached hydrogens (tertiary/aromatic N) is 1. The summed E-state index contributed by atoms with van der Waals surface area (Å²) < 4.78 is 0. The van der Waals surface area contributed by atoms with Gasteiger partial charge < -0.3 is 5.73 Å². The lowest BCUT2D eigenvalue weighted by molar-refractivity contribution is 0.690. The van der Waals surface area contributed by atoms with Crippen LogP contribution in [0.5, 0.6) is 0 Å². The van der Waals surface area contributed by atoms with Crippen molar-refractivity contribution in [2.45, 2.75) is 25.7 Å². The van der Waals surface area contributed by atoms with E-state index >= 15 is 0 Å². The van der Waals surface area contributed by atoms with Gasteiger partial charge in [-0.1, -0.05) is 54.6 Å². The zero-order chi connectivity index (χ0) is 19.4. The number of fused-ring (bicyclic) bond motifs is 6. The SMILES string of the molecule is Nc1cc(-c2cc3c4c(ccc3c3ccccc23)CCCC4)nc2ccccc12. The van der Waals surface area contributed by atoms with E-state index in [1.54, 1.807) is 0 Å². The molecule has 29 heavy (non-hydrogen) atoms. The second-order valence-electron chi connectivity index (χ2n) is 8.09. The molecule has 0 atom stereocenters. The maximum absolute atomic E-state index is 6.42. The van der Waals surface area contributed by atoms with Crippen LogP contribution in [0.4, 0.5) is 5.69 Å². The molecule has 2 N–H and O–H groups in total. The first-order valence-corrected chi connectivity index (χ1v) is 10.4. The van der Waals surface area contributed by atoms with E-state index in [1.807, 2.05) is 30.3 Å². The summed E-state index contributed by atoms with van der Waals surface area (Å²) in [6, 6.07) is 25.8. The number of benzene rings is 4. The van der Waals surface area contributed by atoms with E-state index in [1.165, 1.54) is 57.5 Å². The first-order valence-electron chi connectivity index (χ1n) is 10.4. The fourth-order valence-corrected chi connectivity index (χ4v) is 4.98. The number of hydrogen-bond acceptors (Lipinski definition) is 2. The van der Waals surface area contributed by atoms with E-state index in [0.717, 1.165) is 28.7 Å². The predicted octanol–water partition coefficient (Wildman–Crippen LogP) is 6.67. The third-order valence-corrected chi connectivity index (χ3v) is 6.40. The normalized spacial score (nSPS) is 13.8. The first kappa shape index (κ1) is 16.6. The van der Waals surface area contributed by atoms with Crippen LogP contribution in [0, 0.1) is 0 Å². The third kappa shape index (κ3) is 2.52. The van der Waals surface area contributed by atoms with E-state index in [0.29, 0.717) is 0 Å². The third-order valence-electron chi connectivity index (χ3n) is 6.40. The van der Waals surface area contributed by atoms with Crippen LogP contribution in [0.3, 0.4) is 0 Å². The average molecular weight is 374 g/mol. The van der Waals surface area contributed by atoms with Gasteiger partial charge in [-0.15, -0.1) is 0 Å². The fourth-order valence-electron chi connectivity index (χ4n) is 4.98. The van der Waals surface area contributed by atoms with Crippen LogP contribution in [0.2, 0.25) is 0 Å². The number of nitrogens with two attached hydrogens (primary N) is 1. The van der Waals surface area contributed by atoms with Crippen LogP contribution in [-0.2, 0) is 12.8 Å². The molecule has 0 radical (unpaired) electrons. The highest BCUT2D eigenvalue weighted by Gasteiger charge is 2.17. The van der Waals surface area contributed by atoms with Gasteiger partial charge in [-0.05, 0) is 76.6 Å². The van der Waals surface area contributed by atoms with E-state index in [4.69, 9.17) is 10.7 Å². The number of hydrogen-bond donors (Lipinski definition) is 1. The highest BCUT2D eigenvalue weighted by atomic mass is 14.7. The molecular formula is C27H22N2. The smallest absolute Gasteiger partial charge is 0.0736 e. The Balaban J connectivity index is 1.73. The Morgan fingerprint density at radius 2 is 1.38 bits per heavy atom. The number of pyridine rings is 1. The summed E-state index contributed by atoms with van der Waals surface area (Å²) in [7, 11) is 0. The molecule has 0 saturated heterocycles. The van der Waals surface area contributed by atoms with Gasteiger partial charge in [0.15, 0.2) is 0 Å². The van der Waals surface area contributed by atoms with Gasteiger partial charge in [0.05, 0.1) is 11.2 Å². The highest BCUT2D eigenvalue weighted by Crippen LogP contribution is 2.39. The summed E-state index contributed by atoms with van der Waals surface area (Å²) in [6.45, 7) is 0. The zero-order valence-electron chi connectivity index (χ0n) is 16.3. The summed E-state index contributed by atoms with van der Waals surface area (Å²) >= 11 is 0. The number of aryl methyl sites for hydroxylation is 2. The summed E-state index contributed by atoms with van der Waals surface area (Å²) in [5, 5.41) is 6.27. The topological polar surface area (TPSA) is 38.9 Å². The molecule has 6 rings (SSSR count). The van der Waals surface area contributed by atoms with Gasteiger partial charge >= 0.3 is 0 Å². The van der Waals surface area contributed by atoms with Crippen molar-refractivity contribution in [3.63, 3.8) is 0 Å². The number of para-hydroxylation sites is 1. The largest absolute Gasteiger partial charge is 0.398 e. The van der Waals surface area contributed by atoms with E-state index in [9.17, 15) is 0 Å². The van der Waals surface area contributed by atoms with Gasteiger partial charge in [0.2, 0.25) is 0 Å². The minimum Gasteiger partial charge on any atom is -0.398 e. The maximum atomic E-state index is 6.42. The molecule has 0 fully saturated rings. The van der Waals surface area contributed by atoms with Crippen molar-refractivity contribution in [2.24, 2.45) is 0 Å². The molecule has 0 amide bonds. The van der Waals surface area contributed by atoms with Crippen LogP contribution in [-0.4, -0.2) is 4.98 Å². The van der Waals surface area contributed by atoms with Gasteiger partial charge in [0, 0.05) is 16.6 Å². The maximum Gasteiger partial charge on any atom is 0.0736 e. The number of aromatic nitrogens is 1. The Hall–Kier alpha value is -3.39. The number of rotatable bonds is 1. The van der Waals surface area contributed by atoms with Crippen LogP contribution >= 0.6 is 0 Å². The summed E-state index contributed by atoms with van der Waals surface area (Å²) in [6.07, 6.45) is 4.92. The number of anilines is 1. The lowest BCUT2D eigenvalue weighted by Crippen LogP contribution is -2.03. The van der Waals surface area contributed by atoms with Crippen LogP contribution in [0.25, 0.3) is 43.7 Å². The van der Waals surface area contributed by atoms with Crippen LogP contribution < -0.4 is 5.73 Å². The van der Waals surface area contributed by atoms with E-state index in [-0.39, 0.29) is 0 Å². The van der Waals surface area contributed by atoms with Gasteiger partial charge in [-0.25, -0.2) is 4.98 Å². The Morgan fingerprint density at radius 3 is 2.28 bits per heavy atom. The van der Waals surface area contributed by atoms with Gasteiger partial charge in [0.1, 0.15) is 0 Å². The molecule has 0 aliphatic heterocycles. The Bertz CT molecular complexity index is 1420. The van der Waals surface area contributed by atoms with Crippen molar-refractivity contribution in [3.05, 3.63) is 83.9 Å². The van der Waals surface area contributed by atoms with Crippen molar-refractivity contribution in [3.8, 4) is 11.3 Å². The molecule has 0 unspecified atom stereocenters. The van der Waals surface area contributed by atoms with Crippen LogP contribution in [0.15, 0.2) is 72.8 Å². The minimum absolute atomic E-state index is 0.782. The van der Waals surface area contributed by atoms with Crippen molar-refractivity contribution >= 4 is 38.1 Å². The van der Waals surface area contributed by atoms with Crippen molar-refractivity contribution in [2.75, 3.05) is 5.73 Å². The summed E-state index contributed by atoms with van der Waals surface area (Å²) in [5.74, 6) is 0. The van der Waals surface area contributed by atoms with Crippen LogP contribution in [0.1, 0.15) is 24.0 Å². The fraction of sp³-hybridized carbons (Fsp3) is 0.148. The predicted molar refractivity (Wildman–Crippen MR) is 123 cm³/mol. The monoisotopic (exact) mass is 374 g/mol. The Labute approximate surface area is 170 Å². The molecule has 4 aromatic carbocycles. The molecular weight excluding hydrogens is 352 g/mol. The summed E-state index contributed by atoms with van der Waals surface area (Å²) in [4.78, 5) is 5.00. The standard InChI is InChI=1S/C27H22N2/c28-25-16-27(29-26-12-6-5-11-22(25)26)24-15-23-18-8-2-1-7-17(18)13-14-21(23)19-9-3-4-10-20(19)24/h3-6,9-16H,1-2,7-8H2,(H2,28,29). The molecule has 1 aliphatic carbocycles. The molecule has 2 nitrogen and oxygen atoms in total. The molecule has 0 saturated carbocycles. The molecule has 1 heterocycles. The average Bonchev–Trinajstić information content (AvgIpc) is 2.78. The van der Waals surface area contributed by atoms with Crippen molar-refractivity contribution in [1.82, 2.24) is 4.98 Å². The Kier molecular flexibility index (Phi) is 3.60. The molecule has 1 aromatic heterocycles. The molecule has 1 aliphatic rings. The second-order valence-corrected chi connectivity index (χ2v) is 8.09. The molecule has 140 valence electrons. The van der Waals surface area contributed by atoms with Crippen molar-refractivity contribution < 1.29 is 0 Å². The van der Waals surface area contributed by atoms with E-state index < -0.39 is 0 Å². The summed E-state index contributed by atoms with van der Waals surface area (Å²) in [5.41, 5.74) is 13.3. The molecule has 5 aromatic rings. The lowest BCUT2D eigenvalue weighted by Gasteiger charge is -2.20. The molecule has 2 heteroatoms. The minimum atomic E-state index is 0.782. The van der Waals surface area contributed by atoms with Crippen molar-refractivity contribution in [1.29, 1.82) is 0 Å². The zero-order valence-corrected chi connectivity index (χ0v) is 16.3. The van der Waals surface area contributed by atoms with Gasteiger partial charge in [-0.2, -0.15) is 0 Å². The second kappa shape index (κ2) is 6.31. The number of nitrogen functional groups attached to an aromatic ring is 1. The lowest BCUT2D eigenvalue weighted by atomic mass is 9.85. The molecule has 0 spiro atoms. The van der Waals surface area contributed by atoms with Gasteiger partial charge in [0.25, 0.3) is 0 Å².